The van der Waals surface area contributed by atoms with Crippen LogP contribution in [0.15, 0.2) is 0 Å². The van der Waals surface area contributed by atoms with E-state index in [9.17, 15) is 0 Å². The molecule has 1 saturated carbocycles. The number of nitrogens with one attached hydrogen (secondary N) is 1. The monoisotopic (exact) mass is 345 g/mol. The van der Waals surface area contributed by atoms with Crippen molar-refractivity contribution in [2.24, 2.45) is 0 Å². The van der Waals surface area contributed by atoms with Gasteiger partial charge in [-0.15, -0.1) is 0 Å². The van der Waals surface area contributed by atoms with Crippen LogP contribution in [0.5, 0.6) is 0 Å². The second-order valence-corrected chi connectivity index (χ2v) is 5.63. The Balaban J connectivity index is 2.37. The average Bonchev–Trinajstić information content (AvgIpc) is 2.85. The molecular formula is C13H20IN3. The Bertz CT molecular complexity index is 386. The summed E-state index contributed by atoms with van der Waals surface area (Å²) >= 11 is 2.40. The van der Waals surface area contributed by atoms with E-state index in [-0.39, 0.29) is 0 Å². The molecule has 0 atom stereocenters. The van der Waals surface area contributed by atoms with E-state index in [0.29, 0.717) is 5.92 Å². The molecule has 1 N–H and O–H groups in total. The lowest BCUT2D eigenvalue weighted by Crippen LogP contribution is -2.11. The molecule has 94 valence electrons. The summed E-state index contributed by atoms with van der Waals surface area (Å²) in [5.41, 5.74) is 1.28. The van der Waals surface area contributed by atoms with Gasteiger partial charge in [0.25, 0.3) is 0 Å². The van der Waals surface area contributed by atoms with Crippen molar-refractivity contribution in [1.82, 2.24) is 9.97 Å². The standard InChI is InChI=1S/C13H20IN3/c1-3-10-16-12(9-7-5-6-8-9)11(14)13(17-10)15-4-2/h9H,3-8H2,1-2H3,(H,15,16,17). The van der Waals surface area contributed by atoms with Gasteiger partial charge >= 0.3 is 0 Å². The van der Waals surface area contributed by atoms with E-state index < -0.39 is 0 Å². The highest BCUT2D eigenvalue weighted by atomic mass is 127. The fourth-order valence-corrected chi connectivity index (χ4v) is 3.30. The summed E-state index contributed by atoms with van der Waals surface area (Å²) in [6.45, 7) is 5.15. The summed E-state index contributed by atoms with van der Waals surface area (Å²) in [5.74, 6) is 2.66. The molecule has 1 aliphatic carbocycles. The summed E-state index contributed by atoms with van der Waals surface area (Å²) in [6.07, 6.45) is 6.20. The van der Waals surface area contributed by atoms with Crippen LogP contribution in [-0.2, 0) is 6.42 Å². The minimum Gasteiger partial charge on any atom is -0.369 e. The van der Waals surface area contributed by atoms with Gasteiger partial charge < -0.3 is 5.32 Å². The summed E-state index contributed by atoms with van der Waals surface area (Å²) in [5, 5.41) is 3.36. The molecule has 1 heterocycles. The van der Waals surface area contributed by atoms with Crippen LogP contribution >= 0.6 is 22.6 Å². The van der Waals surface area contributed by atoms with Gasteiger partial charge in [0.05, 0.1) is 9.26 Å². The van der Waals surface area contributed by atoms with Gasteiger partial charge in [0.15, 0.2) is 0 Å². The van der Waals surface area contributed by atoms with Crippen LogP contribution in [0.1, 0.15) is 57.0 Å². The van der Waals surface area contributed by atoms with Gasteiger partial charge in [0.1, 0.15) is 11.6 Å². The molecule has 17 heavy (non-hydrogen) atoms. The van der Waals surface area contributed by atoms with Gasteiger partial charge in [-0.3, -0.25) is 0 Å². The minimum absolute atomic E-state index is 0.660. The quantitative estimate of drug-likeness (QED) is 0.845. The number of hydrogen-bond acceptors (Lipinski definition) is 3. The van der Waals surface area contributed by atoms with E-state index in [1.165, 1.54) is 34.9 Å². The zero-order valence-corrected chi connectivity index (χ0v) is 12.7. The van der Waals surface area contributed by atoms with Crippen LogP contribution < -0.4 is 5.32 Å². The molecule has 3 nitrogen and oxygen atoms in total. The van der Waals surface area contributed by atoms with Crippen LogP contribution in [0, 0.1) is 3.57 Å². The molecule has 1 aromatic rings. The van der Waals surface area contributed by atoms with E-state index in [4.69, 9.17) is 4.98 Å². The first-order chi connectivity index (χ1) is 8.26. The molecule has 1 aromatic heterocycles. The lowest BCUT2D eigenvalue weighted by Gasteiger charge is -2.15. The number of hydrogen-bond donors (Lipinski definition) is 1. The Hall–Kier alpha value is -0.390. The fraction of sp³-hybridized carbons (Fsp3) is 0.692. The Morgan fingerprint density at radius 3 is 2.53 bits per heavy atom. The Kier molecular flexibility index (Phi) is 4.59. The normalized spacial score (nSPS) is 16.4. The van der Waals surface area contributed by atoms with Gasteiger partial charge in [0, 0.05) is 18.9 Å². The smallest absolute Gasteiger partial charge is 0.143 e. The maximum absolute atomic E-state index is 4.76. The van der Waals surface area contributed by atoms with E-state index in [0.717, 1.165) is 24.6 Å². The summed E-state index contributed by atoms with van der Waals surface area (Å²) < 4.78 is 1.23. The second kappa shape index (κ2) is 5.98. The maximum Gasteiger partial charge on any atom is 0.143 e. The molecule has 0 unspecified atom stereocenters. The fourth-order valence-electron chi connectivity index (χ4n) is 2.43. The lowest BCUT2D eigenvalue weighted by molar-refractivity contribution is 0.679. The van der Waals surface area contributed by atoms with E-state index in [2.05, 4.69) is 46.7 Å². The molecule has 0 aromatic carbocycles. The van der Waals surface area contributed by atoms with Gasteiger partial charge in [-0.25, -0.2) is 9.97 Å². The minimum atomic E-state index is 0.660. The van der Waals surface area contributed by atoms with Gasteiger partial charge in [-0.2, -0.15) is 0 Å². The molecule has 0 amide bonds. The first kappa shape index (κ1) is 13.1. The summed E-state index contributed by atoms with van der Waals surface area (Å²) in [4.78, 5) is 9.34. The number of anilines is 1. The van der Waals surface area contributed by atoms with Crippen molar-refractivity contribution >= 4 is 28.4 Å². The molecule has 0 aliphatic heterocycles. The molecular weight excluding hydrogens is 325 g/mol. The predicted molar refractivity (Wildman–Crippen MR) is 79.5 cm³/mol. The van der Waals surface area contributed by atoms with Gasteiger partial charge in [0.2, 0.25) is 0 Å². The molecule has 0 radical (unpaired) electrons. The molecule has 0 saturated heterocycles. The Morgan fingerprint density at radius 2 is 1.94 bits per heavy atom. The van der Waals surface area contributed by atoms with Crippen molar-refractivity contribution in [1.29, 1.82) is 0 Å². The van der Waals surface area contributed by atoms with Crippen molar-refractivity contribution in [2.75, 3.05) is 11.9 Å². The maximum atomic E-state index is 4.76. The first-order valence-electron chi connectivity index (χ1n) is 6.56. The Labute approximate surface area is 117 Å². The zero-order valence-electron chi connectivity index (χ0n) is 10.6. The SMILES string of the molecule is CCNc1nc(CC)nc(C2CCCC2)c1I. The van der Waals surface area contributed by atoms with Crippen molar-refractivity contribution in [3.63, 3.8) is 0 Å². The highest BCUT2D eigenvalue weighted by Crippen LogP contribution is 2.36. The molecule has 1 fully saturated rings. The van der Waals surface area contributed by atoms with Crippen LogP contribution in [0.3, 0.4) is 0 Å². The third-order valence-electron chi connectivity index (χ3n) is 3.33. The molecule has 2 rings (SSSR count). The van der Waals surface area contributed by atoms with Crippen molar-refractivity contribution < 1.29 is 0 Å². The van der Waals surface area contributed by atoms with Crippen LogP contribution in [0.25, 0.3) is 0 Å². The van der Waals surface area contributed by atoms with E-state index in [1.807, 2.05) is 0 Å². The summed E-state index contributed by atoms with van der Waals surface area (Å²) in [6, 6.07) is 0. The Morgan fingerprint density at radius 1 is 1.24 bits per heavy atom. The average molecular weight is 345 g/mol. The second-order valence-electron chi connectivity index (χ2n) is 4.55. The summed E-state index contributed by atoms with van der Waals surface area (Å²) in [7, 11) is 0. The number of aryl methyl sites for hydroxylation is 1. The largest absolute Gasteiger partial charge is 0.369 e. The first-order valence-corrected chi connectivity index (χ1v) is 7.64. The number of aromatic nitrogens is 2. The third kappa shape index (κ3) is 2.89. The highest BCUT2D eigenvalue weighted by molar-refractivity contribution is 14.1. The van der Waals surface area contributed by atoms with Gasteiger partial charge in [-0.1, -0.05) is 19.8 Å². The molecule has 4 heteroatoms. The molecule has 0 bridgehead atoms. The van der Waals surface area contributed by atoms with Crippen LogP contribution in [-0.4, -0.2) is 16.5 Å². The van der Waals surface area contributed by atoms with E-state index in [1.54, 1.807) is 0 Å². The number of rotatable bonds is 4. The predicted octanol–water partition coefficient (Wildman–Crippen LogP) is 3.73. The van der Waals surface area contributed by atoms with Crippen molar-refractivity contribution in [3.8, 4) is 0 Å². The van der Waals surface area contributed by atoms with Gasteiger partial charge in [-0.05, 0) is 42.4 Å². The lowest BCUT2D eigenvalue weighted by atomic mass is 10.0. The molecule has 0 spiro atoms. The topological polar surface area (TPSA) is 37.8 Å². The van der Waals surface area contributed by atoms with Crippen molar-refractivity contribution in [3.05, 3.63) is 15.1 Å². The molecule has 1 aliphatic rings. The van der Waals surface area contributed by atoms with Crippen LogP contribution in [0.4, 0.5) is 5.82 Å². The number of nitrogens with zero attached hydrogens (tertiary/aromatic N) is 2. The zero-order chi connectivity index (χ0) is 12.3. The van der Waals surface area contributed by atoms with Crippen molar-refractivity contribution in [2.45, 2.75) is 51.9 Å². The van der Waals surface area contributed by atoms with Crippen LogP contribution in [0.2, 0.25) is 0 Å². The highest BCUT2D eigenvalue weighted by Gasteiger charge is 2.23. The number of halogens is 1. The third-order valence-corrected chi connectivity index (χ3v) is 4.39. The van der Waals surface area contributed by atoms with E-state index >= 15 is 0 Å².